The fourth-order valence-electron chi connectivity index (χ4n) is 6.63. The Morgan fingerprint density at radius 3 is 2.04 bits per heavy atom. The minimum atomic E-state index is -3.10. The van der Waals surface area contributed by atoms with E-state index < -0.39 is 28.4 Å². The molecule has 1 aromatic heterocycles. The molecule has 0 aliphatic heterocycles. The Morgan fingerprint density at radius 1 is 0.900 bits per heavy atom. The molecule has 0 aliphatic carbocycles. The number of carboxylic acids is 1. The predicted octanol–water partition coefficient (Wildman–Crippen LogP) is 9.09. The smallest absolute Gasteiger partial charge is 0.305 e. The Hall–Kier alpha value is -4.20. The lowest BCUT2D eigenvalue weighted by Gasteiger charge is -2.45. The summed E-state index contributed by atoms with van der Waals surface area (Å²) in [6, 6.07) is 34.3. The van der Waals surface area contributed by atoms with Crippen LogP contribution in [0, 0.1) is 5.82 Å². The quantitative estimate of drug-likeness (QED) is 0.0915. The summed E-state index contributed by atoms with van der Waals surface area (Å²) in [4.78, 5) is 17.1. The van der Waals surface area contributed by atoms with Crippen LogP contribution in [0.25, 0.3) is 28.1 Å². The fraction of sp³-hybridized carbons (Fsp3) is 0.268. The van der Waals surface area contributed by atoms with Crippen LogP contribution in [0.3, 0.4) is 0 Å². The SMILES string of the molecule is CC(C)c1nc2ccccc2c(-c2ccc(F)cc2)c1/C=C/CO[PH](=O)C[C@H](CC(=O)O)O[Si](c1ccccc1)(c1ccccc1)C(C)(C)C. The van der Waals surface area contributed by atoms with Gasteiger partial charge in [-0.05, 0) is 45.1 Å². The van der Waals surface area contributed by atoms with Crippen molar-refractivity contribution in [3.63, 3.8) is 0 Å². The molecule has 0 radical (unpaired) electrons. The largest absolute Gasteiger partial charge is 0.481 e. The van der Waals surface area contributed by atoms with Crippen molar-refractivity contribution in [2.75, 3.05) is 12.8 Å². The van der Waals surface area contributed by atoms with Gasteiger partial charge >= 0.3 is 5.97 Å². The first kappa shape index (κ1) is 37.1. The van der Waals surface area contributed by atoms with Gasteiger partial charge in [-0.3, -0.25) is 14.3 Å². The van der Waals surface area contributed by atoms with Crippen LogP contribution < -0.4 is 10.4 Å². The van der Waals surface area contributed by atoms with Gasteiger partial charge < -0.3 is 14.1 Å². The number of carbonyl (C=O) groups is 1. The zero-order valence-corrected chi connectivity index (χ0v) is 31.2. The van der Waals surface area contributed by atoms with Crippen molar-refractivity contribution < 1.29 is 27.8 Å². The number of aromatic nitrogens is 1. The number of hydrogen-bond acceptors (Lipinski definition) is 5. The molecule has 1 heterocycles. The minimum absolute atomic E-state index is 0.0368. The molecule has 0 spiro atoms. The summed E-state index contributed by atoms with van der Waals surface area (Å²) in [5.41, 5.74) is 4.40. The number of halogens is 1. The Balaban J connectivity index is 1.42. The van der Waals surface area contributed by atoms with Gasteiger partial charge in [-0.1, -0.05) is 138 Å². The van der Waals surface area contributed by atoms with E-state index >= 15 is 0 Å². The summed E-state index contributed by atoms with van der Waals surface area (Å²) in [7, 11) is -5.81. The summed E-state index contributed by atoms with van der Waals surface area (Å²) >= 11 is 0. The van der Waals surface area contributed by atoms with Crippen molar-refractivity contribution in [1.82, 2.24) is 4.98 Å². The predicted molar refractivity (Wildman–Crippen MR) is 205 cm³/mol. The van der Waals surface area contributed by atoms with Gasteiger partial charge in [0, 0.05) is 22.7 Å². The van der Waals surface area contributed by atoms with Crippen LogP contribution in [-0.4, -0.2) is 43.2 Å². The van der Waals surface area contributed by atoms with Crippen LogP contribution >= 0.6 is 8.03 Å². The lowest BCUT2D eigenvalue weighted by Crippen LogP contribution is -2.68. The number of fused-ring (bicyclic) bond motifs is 1. The summed E-state index contributed by atoms with van der Waals surface area (Å²) < 4.78 is 40.4. The highest BCUT2D eigenvalue weighted by atomic mass is 31.1. The molecule has 0 saturated carbocycles. The second-order valence-corrected chi connectivity index (χ2v) is 19.4. The molecule has 0 fully saturated rings. The van der Waals surface area contributed by atoms with Gasteiger partial charge in [0.25, 0.3) is 8.32 Å². The van der Waals surface area contributed by atoms with Crippen LogP contribution in [0.4, 0.5) is 4.39 Å². The molecular formula is C41H45FNO5PSi. The number of aliphatic carboxylic acids is 1. The van der Waals surface area contributed by atoms with Crippen LogP contribution in [-0.2, 0) is 18.3 Å². The van der Waals surface area contributed by atoms with Crippen molar-refractivity contribution >= 4 is 49.7 Å². The molecule has 0 saturated heterocycles. The molecule has 1 N–H and O–H groups in total. The third-order valence-electron chi connectivity index (χ3n) is 8.82. The zero-order valence-electron chi connectivity index (χ0n) is 29.2. The van der Waals surface area contributed by atoms with E-state index in [-0.39, 0.29) is 36.0 Å². The summed E-state index contributed by atoms with van der Waals surface area (Å²) in [6.07, 6.45) is 2.56. The van der Waals surface area contributed by atoms with E-state index in [4.69, 9.17) is 13.9 Å². The van der Waals surface area contributed by atoms with E-state index in [1.165, 1.54) is 12.1 Å². The highest BCUT2D eigenvalue weighted by Crippen LogP contribution is 2.40. The first-order chi connectivity index (χ1) is 23.9. The highest BCUT2D eigenvalue weighted by molar-refractivity contribution is 7.39. The van der Waals surface area contributed by atoms with E-state index in [9.17, 15) is 18.9 Å². The molecule has 50 heavy (non-hydrogen) atoms. The Morgan fingerprint density at radius 2 is 1.48 bits per heavy atom. The van der Waals surface area contributed by atoms with Crippen LogP contribution in [0.2, 0.25) is 5.04 Å². The number of pyridine rings is 1. The van der Waals surface area contributed by atoms with E-state index in [0.29, 0.717) is 0 Å². The molecule has 5 rings (SSSR count). The lowest BCUT2D eigenvalue weighted by atomic mass is 9.90. The normalized spacial score (nSPS) is 13.6. The summed E-state index contributed by atoms with van der Waals surface area (Å²) in [5.74, 6) is -1.25. The van der Waals surface area contributed by atoms with E-state index in [0.717, 1.165) is 43.7 Å². The van der Waals surface area contributed by atoms with Crippen molar-refractivity contribution in [2.24, 2.45) is 0 Å². The standard InChI is InChI=1S/C41H45FNO5PSi/c1-29(2)40-36(39(30-22-24-31(42)25-23-30)35-19-12-13-21-37(35)43-40)20-14-26-47-49(46)28-32(27-38(44)45)48-50(41(3,4)5,33-15-8-6-9-16-33)34-17-10-7-11-18-34/h6-25,29,32,49H,26-28H2,1-5H3,(H,44,45)/b20-14+/t32-/m0/s1. The molecular weight excluding hydrogens is 665 g/mol. The number of rotatable bonds is 14. The number of benzene rings is 4. The number of hydrogen-bond donors (Lipinski definition) is 1. The average molecular weight is 710 g/mol. The first-order valence-corrected chi connectivity index (χ1v) is 20.3. The van der Waals surface area contributed by atoms with Gasteiger partial charge in [0.2, 0.25) is 0 Å². The second-order valence-electron chi connectivity index (χ2n) is 13.8. The monoisotopic (exact) mass is 709 g/mol. The maximum atomic E-state index is 13.9. The number of para-hydroxylation sites is 1. The van der Waals surface area contributed by atoms with Crippen LogP contribution in [0.5, 0.6) is 0 Å². The molecule has 0 amide bonds. The van der Waals surface area contributed by atoms with Crippen molar-refractivity contribution in [2.45, 2.75) is 58.1 Å². The lowest BCUT2D eigenvalue weighted by molar-refractivity contribution is -0.138. The van der Waals surface area contributed by atoms with Gasteiger partial charge in [-0.15, -0.1) is 0 Å². The summed E-state index contributed by atoms with van der Waals surface area (Å²) in [5, 5.41) is 12.5. The fourth-order valence-corrected chi connectivity index (χ4v) is 12.5. The Kier molecular flexibility index (Phi) is 12.0. The van der Waals surface area contributed by atoms with Crippen molar-refractivity contribution in [1.29, 1.82) is 0 Å². The number of carboxylic acid groups (broad SMARTS) is 1. The van der Waals surface area contributed by atoms with Gasteiger partial charge in [-0.25, -0.2) is 4.39 Å². The number of nitrogens with zero attached hydrogens (tertiary/aromatic N) is 1. The average Bonchev–Trinajstić information content (AvgIpc) is 3.09. The van der Waals surface area contributed by atoms with Crippen LogP contribution in [0.1, 0.15) is 58.2 Å². The molecule has 5 aromatic rings. The first-order valence-electron chi connectivity index (χ1n) is 16.9. The third-order valence-corrected chi connectivity index (χ3v) is 15.2. The molecule has 2 atom stereocenters. The molecule has 9 heteroatoms. The van der Waals surface area contributed by atoms with Crippen molar-refractivity contribution in [3.8, 4) is 11.1 Å². The maximum Gasteiger partial charge on any atom is 0.305 e. The third kappa shape index (κ3) is 8.39. The van der Waals surface area contributed by atoms with E-state index in [2.05, 4.69) is 34.6 Å². The van der Waals surface area contributed by atoms with Gasteiger partial charge in [0.15, 0.2) is 8.03 Å². The van der Waals surface area contributed by atoms with E-state index in [1.807, 2.05) is 97.1 Å². The highest BCUT2D eigenvalue weighted by Gasteiger charge is 2.51. The molecule has 4 aromatic carbocycles. The molecule has 0 bridgehead atoms. The van der Waals surface area contributed by atoms with Gasteiger partial charge in [0.05, 0.1) is 30.3 Å². The molecule has 6 nitrogen and oxygen atoms in total. The van der Waals surface area contributed by atoms with Gasteiger partial charge in [-0.2, -0.15) is 0 Å². The van der Waals surface area contributed by atoms with Crippen LogP contribution in [0.15, 0.2) is 115 Å². The Labute approximate surface area is 296 Å². The molecule has 0 aliphatic rings. The second kappa shape index (κ2) is 16.2. The van der Waals surface area contributed by atoms with Gasteiger partial charge in [0.1, 0.15) is 5.82 Å². The Bertz CT molecular complexity index is 1920. The minimum Gasteiger partial charge on any atom is -0.481 e. The summed E-state index contributed by atoms with van der Waals surface area (Å²) in [6.45, 7) is 10.6. The maximum absolute atomic E-state index is 13.9. The zero-order chi connectivity index (χ0) is 35.9. The van der Waals surface area contributed by atoms with E-state index in [1.54, 1.807) is 12.1 Å². The molecule has 1 unspecified atom stereocenters. The van der Waals surface area contributed by atoms with Crippen molar-refractivity contribution in [3.05, 3.63) is 132 Å². The molecule has 260 valence electrons. The topological polar surface area (TPSA) is 85.7 Å².